The summed E-state index contributed by atoms with van der Waals surface area (Å²) in [5, 5.41) is 25.5. The average Bonchev–Trinajstić information content (AvgIpc) is 3.53. The normalized spacial score (nSPS) is 14.1. The lowest BCUT2D eigenvalue weighted by molar-refractivity contribution is -0.118. The first-order valence-corrected chi connectivity index (χ1v) is 18.0. The summed E-state index contributed by atoms with van der Waals surface area (Å²) in [7, 11) is 0. The summed E-state index contributed by atoms with van der Waals surface area (Å²) in [6, 6.07) is 26.2. The highest BCUT2D eigenvalue weighted by atomic mass is 35.5. The number of carbonyl (C=O) groups is 1. The minimum absolute atomic E-state index is 0.0725. The zero-order valence-corrected chi connectivity index (χ0v) is 30.1. The first-order valence-electron chi connectivity index (χ1n) is 17.7. The SMILES string of the molecule is CC(=O)NCCNCc1cc(Cl)c(OCc2cccc(-c3cccc4c3CCN4CCCN3CC(O)C3)c2C)cc1OCc1cccc(C#N)c1. The molecule has 0 unspecified atom stereocenters. The van der Waals surface area contributed by atoms with Crippen LogP contribution in [0.15, 0.2) is 72.8 Å². The van der Waals surface area contributed by atoms with Gasteiger partial charge in [-0.15, -0.1) is 0 Å². The number of nitrogens with zero attached hydrogens (tertiary/aromatic N) is 3. The third-order valence-corrected chi connectivity index (χ3v) is 9.94. The Hall–Kier alpha value is -4.59. The molecule has 1 amide bonds. The lowest BCUT2D eigenvalue weighted by Gasteiger charge is -2.36. The molecule has 266 valence electrons. The summed E-state index contributed by atoms with van der Waals surface area (Å²) in [6.07, 6.45) is 1.95. The van der Waals surface area contributed by atoms with Gasteiger partial charge in [0.25, 0.3) is 0 Å². The van der Waals surface area contributed by atoms with Crippen LogP contribution in [0.25, 0.3) is 11.1 Å². The molecular formula is C41H46ClN5O4. The summed E-state index contributed by atoms with van der Waals surface area (Å²) in [6.45, 7) is 10.5. The van der Waals surface area contributed by atoms with Gasteiger partial charge in [0.2, 0.25) is 5.91 Å². The van der Waals surface area contributed by atoms with Crippen LogP contribution in [0.4, 0.5) is 5.69 Å². The van der Waals surface area contributed by atoms with Crippen LogP contribution in [0.2, 0.25) is 5.02 Å². The van der Waals surface area contributed by atoms with Gasteiger partial charge in [0.15, 0.2) is 0 Å². The van der Waals surface area contributed by atoms with E-state index in [1.807, 2.05) is 30.3 Å². The number of carbonyl (C=O) groups excluding carboxylic acids is 1. The molecule has 0 spiro atoms. The fourth-order valence-corrected chi connectivity index (χ4v) is 7.12. The van der Waals surface area contributed by atoms with Crippen LogP contribution in [-0.2, 0) is 31.0 Å². The van der Waals surface area contributed by atoms with Gasteiger partial charge in [-0.1, -0.05) is 54.1 Å². The molecule has 10 heteroatoms. The molecule has 6 rings (SSSR count). The number of amides is 1. The number of aliphatic hydroxyl groups excluding tert-OH is 1. The molecule has 0 radical (unpaired) electrons. The summed E-state index contributed by atoms with van der Waals surface area (Å²) in [5.41, 5.74) is 9.75. The van der Waals surface area contributed by atoms with Crippen LogP contribution in [0.5, 0.6) is 11.5 Å². The number of nitriles is 1. The van der Waals surface area contributed by atoms with Crippen molar-refractivity contribution in [3.05, 3.63) is 111 Å². The van der Waals surface area contributed by atoms with Crippen molar-refractivity contribution < 1.29 is 19.4 Å². The lowest BCUT2D eigenvalue weighted by Crippen LogP contribution is -2.51. The molecule has 0 aromatic heterocycles. The van der Waals surface area contributed by atoms with Crippen molar-refractivity contribution in [2.24, 2.45) is 0 Å². The van der Waals surface area contributed by atoms with E-state index in [1.165, 1.54) is 34.9 Å². The van der Waals surface area contributed by atoms with Crippen molar-refractivity contribution in [1.29, 1.82) is 5.26 Å². The molecule has 9 nitrogen and oxygen atoms in total. The molecule has 3 N–H and O–H groups in total. The first-order chi connectivity index (χ1) is 24.8. The van der Waals surface area contributed by atoms with Crippen molar-refractivity contribution >= 4 is 23.2 Å². The van der Waals surface area contributed by atoms with Gasteiger partial charge in [0, 0.05) is 76.6 Å². The third-order valence-electron chi connectivity index (χ3n) is 9.64. The second kappa shape index (κ2) is 17.1. The third kappa shape index (κ3) is 9.21. The van der Waals surface area contributed by atoms with E-state index in [1.54, 1.807) is 6.07 Å². The molecule has 2 aliphatic rings. The van der Waals surface area contributed by atoms with Crippen LogP contribution < -0.4 is 25.0 Å². The molecule has 0 bridgehead atoms. The zero-order valence-electron chi connectivity index (χ0n) is 29.4. The number of hydrogen-bond donors (Lipinski definition) is 3. The van der Waals surface area contributed by atoms with Crippen molar-refractivity contribution in [3.63, 3.8) is 0 Å². The zero-order chi connectivity index (χ0) is 35.7. The van der Waals surface area contributed by atoms with E-state index >= 15 is 0 Å². The van der Waals surface area contributed by atoms with E-state index in [4.69, 9.17) is 21.1 Å². The van der Waals surface area contributed by atoms with Crippen molar-refractivity contribution in [2.75, 3.05) is 50.7 Å². The predicted octanol–water partition coefficient (Wildman–Crippen LogP) is 6.00. The molecule has 4 aromatic rings. The molecule has 51 heavy (non-hydrogen) atoms. The Bertz CT molecular complexity index is 1890. The fraction of sp³-hybridized carbons (Fsp3) is 0.366. The summed E-state index contributed by atoms with van der Waals surface area (Å²) >= 11 is 6.80. The minimum atomic E-state index is -0.153. The number of nitrogens with one attached hydrogen (secondary N) is 2. The molecule has 0 aliphatic carbocycles. The number of ether oxygens (including phenoxy) is 2. The van der Waals surface area contributed by atoms with Gasteiger partial charge in [0.1, 0.15) is 24.7 Å². The van der Waals surface area contributed by atoms with Gasteiger partial charge in [0.05, 0.1) is 22.8 Å². The van der Waals surface area contributed by atoms with Gasteiger partial charge in [-0.05, 0) is 77.4 Å². The van der Waals surface area contributed by atoms with Crippen LogP contribution in [-0.4, -0.2) is 67.8 Å². The fourth-order valence-electron chi connectivity index (χ4n) is 6.88. The Morgan fingerprint density at radius 3 is 2.55 bits per heavy atom. The standard InChI is InChI=1S/C41H46ClN5O4/c1-28-32(9-4-10-35(28)36-11-5-12-39-37(36)13-18-47(39)17-6-16-46-24-34(49)25-46)27-51-41-21-40(50-26-31-8-3-7-30(19-31)22-43)33(20-38(41)42)23-44-14-15-45-29(2)48/h3-5,7-12,19-21,34,44,49H,6,13-18,23-27H2,1-2H3,(H,45,48). The number of aliphatic hydroxyl groups is 1. The van der Waals surface area contributed by atoms with Gasteiger partial charge in [-0.3, -0.25) is 9.69 Å². The predicted molar refractivity (Wildman–Crippen MR) is 201 cm³/mol. The first kappa shape index (κ1) is 36.2. The number of fused-ring (bicyclic) bond motifs is 1. The van der Waals surface area contributed by atoms with Crippen molar-refractivity contribution in [2.45, 2.75) is 52.6 Å². The van der Waals surface area contributed by atoms with Gasteiger partial charge < -0.3 is 30.1 Å². The highest BCUT2D eigenvalue weighted by Crippen LogP contribution is 2.39. The summed E-state index contributed by atoms with van der Waals surface area (Å²) in [4.78, 5) is 16.1. The van der Waals surface area contributed by atoms with Crippen LogP contribution in [0.1, 0.15) is 46.7 Å². The smallest absolute Gasteiger partial charge is 0.216 e. The van der Waals surface area contributed by atoms with Gasteiger partial charge in [-0.2, -0.15) is 5.26 Å². The Kier molecular flexibility index (Phi) is 12.1. The maximum Gasteiger partial charge on any atom is 0.216 e. The highest BCUT2D eigenvalue weighted by molar-refractivity contribution is 6.32. The molecule has 1 saturated heterocycles. The van der Waals surface area contributed by atoms with E-state index in [-0.39, 0.29) is 18.6 Å². The van der Waals surface area contributed by atoms with Crippen molar-refractivity contribution in [3.8, 4) is 28.7 Å². The van der Waals surface area contributed by atoms with Gasteiger partial charge >= 0.3 is 0 Å². The van der Waals surface area contributed by atoms with E-state index in [0.717, 1.165) is 62.3 Å². The number of benzene rings is 4. The van der Waals surface area contributed by atoms with E-state index in [9.17, 15) is 15.2 Å². The van der Waals surface area contributed by atoms with Crippen molar-refractivity contribution in [1.82, 2.24) is 15.5 Å². The maximum atomic E-state index is 11.3. The summed E-state index contributed by atoms with van der Waals surface area (Å²) in [5.74, 6) is 1.08. The Balaban J connectivity index is 1.16. The average molecular weight is 708 g/mol. The number of likely N-dealkylation sites (tertiary alicyclic amines) is 1. The Morgan fingerprint density at radius 1 is 0.961 bits per heavy atom. The van der Waals surface area contributed by atoms with E-state index < -0.39 is 0 Å². The number of rotatable bonds is 16. The second-order valence-electron chi connectivity index (χ2n) is 13.3. The summed E-state index contributed by atoms with van der Waals surface area (Å²) < 4.78 is 12.7. The Morgan fingerprint density at radius 2 is 1.75 bits per heavy atom. The molecule has 1 fully saturated rings. The molecular weight excluding hydrogens is 662 g/mol. The quantitative estimate of drug-likeness (QED) is 0.122. The number of halogens is 1. The molecule has 2 heterocycles. The molecule has 0 saturated carbocycles. The Labute approximate surface area is 305 Å². The van der Waals surface area contributed by atoms with E-state index in [2.05, 4.69) is 69.8 Å². The van der Waals surface area contributed by atoms with Gasteiger partial charge in [-0.25, -0.2) is 0 Å². The second-order valence-corrected chi connectivity index (χ2v) is 13.7. The maximum absolute atomic E-state index is 11.3. The number of hydrogen-bond acceptors (Lipinski definition) is 8. The van der Waals surface area contributed by atoms with E-state index in [0.29, 0.717) is 48.3 Å². The van der Waals surface area contributed by atoms with Crippen LogP contribution >= 0.6 is 11.6 Å². The van der Waals surface area contributed by atoms with Crippen LogP contribution in [0, 0.1) is 18.3 Å². The van der Waals surface area contributed by atoms with Crippen LogP contribution in [0.3, 0.4) is 0 Å². The molecule has 0 atom stereocenters. The lowest BCUT2D eigenvalue weighted by atomic mass is 9.92. The highest BCUT2D eigenvalue weighted by Gasteiger charge is 2.26. The largest absolute Gasteiger partial charge is 0.488 e. The molecule has 2 aliphatic heterocycles. The monoisotopic (exact) mass is 707 g/mol. The number of β-amino-alcohol motifs (C(OH)–C–C–N with tert-alkyl or cyclic N) is 1. The molecule has 4 aromatic carbocycles. The number of anilines is 1. The topological polar surface area (TPSA) is 110 Å². The minimum Gasteiger partial charge on any atom is -0.488 e.